The van der Waals surface area contributed by atoms with E-state index >= 15 is 0 Å². The number of hydrogen-bond acceptors (Lipinski definition) is 3. The molecule has 1 aromatic carbocycles. The Morgan fingerprint density at radius 3 is 2.59 bits per heavy atom. The minimum Gasteiger partial charge on any atom is -0.378 e. The van der Waals surface area contributed by atoms with Gasteiger partial charge in [0.15, 0.2) is 6.10 Å². The molecule has 0 saturated heterocycles. The highest BCUT2D eigenvalue weighted by Gasteiger charge is 2.16. The maximum Gasteiger partial charge on any atom is 0.257 e. The number of benzene rings is 1. The lowest BCUT2D eigenvalue weighted by Gasteiger charge is -2.11. The minimum absolute atomic E-state index is 0.468. The van der Waals surface area contributed by atoms with E-state index in [1.54, 1.807) is 42.6 Å². The Kier molecular flexibility index (Phi) is 3.47. The zero-order chi connectivity index (χ0) is 12.1. The second-order valence-corrected chi connectivity index (χ2v) is 3.54. The molecule has 1 heterocycles. The molecule has 2 aromatic rings. The molecule has 0 saturated carbocycles. The molecule has 17 heavy (non-hydrogen) atoms. The van der Waals surface area contributed by atoms with Crippen molar-refractivity contribution in [1.82, 2.24) is 4.98 Å². The fourth-order valence-corrected chi connectivity index (χ4v) is 1.43. The fraction of sp³-hybridized carbons (Fsp3) is 0.0769. The molecule has 0 aliphatic heterocycles. The van der Waals surface area contributed by atoms with E-state index in [0.29, 0.717) is 11.3 Å². The van der Waals surface area contributed by atoms with Crippen LogP contribution in [-0.2, 0) is 4.79 Å². The average molecular weight is 228 g/mol. The molecule has 0 bridgehead atoms. The van der Waals surface area contributed by atoms with Crippen LogP contribution in [0.1, 0.15) is 11.7 Å². The number of aromatic nitrogens is 1. The van der Waals surface area contributed by atoms with E-state index in [1.165, 1.54) is 6.20 Å². The van der Waals surface area contributed by atoms with E-state index in [2.05, 4.69) is 10.3 Å². The quantitative estimate of drug-likeness (QED) is 0.841. The normalized spacial score (nSPS) is 11.8. The third-order valence-corrected chi connectivity index (χ3v) is 2.29. The summed E-state index contributed by atoms with van der Waals surface area (Å²) in [5.74, 6) is -0.468. The molecule has 4 heteroatoms. The van der Waals surface area contributed by atoms with Crippen LogP contribution in [0.2, 0.25) is 0 Å². The number of pyridine rings is 1. The highest BCUT2D eigenvalue weighted by molar-refractivity contribution is 5.94. The van der Waals surface area contributed by atoms with Crippen molar-refractivity contribution < 1.29 is 9.90 Å². The fourth-order valence-electron chi connectivity index (χ4n) is 1.43. The third kappa shape index (κ3) is 2.89. The Balaban J connectivity index is 2.06. The Bertz CT molecular complexity index is 485. The average Bonchev–Trinajstić information content (AvgIpc) is 2.40. The van der Waals surface area contributed by atoms with Crippen molar-refractivity contribution in [3.63, 3.8) is 0 Å². The second-order valence-electron chi connectivity index (χ2n) is 3.54. The zero-order valence-corrected chi connectivity index (χ0v) is 9.08. The molecule has 86 valence electrons. The Morgan fingerprint density at radius 2 is 1.94 bits per heavy atom. The molecular weight excluding hydrogens is 216 g/mol. The summed E-state index contributed by atoms with van der Waals surface area (Å²) in [6.07, 6.45) is 1.97. The largest absolute Gasteiger partial charge is 0.378 e. The van der Waals surface area contributed by atoms with Gasteiger partial charge < -0.3 is 10.4 Å². The Morgan fingerprint density at radius 1 is 1.18 bits per heavy atom. The highest BCUT2D eigenvalue weighted by atomic mass is 16.3. The number of aliphatic hydroxyl groups is 1. The van der Waals surface area contributed by atoms with Crippen LogP contribution in [0.3, 0.4) is 0 Å². The van der Waals surface area contributed by atoms with Crippen molar-refractivity contribution in [2.24, 2.45) is 0 Å². The van der Waals surface area contributed by atoms with Gasteiger partial charge in [0.05, 0.1) is 11.9 Å². The topological polar surface area (TPSA) is 62.2 Å². The van der Waals surface area contributed by atoms with Crippen LogP contribution in [0.5, 0.6) is 0 Å². The molecule has 0 fully saturated rings. The van der Waals surface area contributed by atoms with Crippen LogP contribution in [0, 0.1) is 0 Å². The number of nitrogens with one attached hydrogen (secondary N) is 1. The first-order chi connectivity index (χ1) is 8.27. The van der Waals surface area contributed by atoms with Crippen molar-refractivity contribution in [3.05, 3.63) is 60.4 Å². The summed E-state index contributed by atoms with van der Waals surface area (Å²) in [5, 5.41) is 12.4. The lowest BCUT2D eigenvalue weighted by atomic mass is 10.1. The third-order valence-electron chi connectivity index (χ3n) is 2.29. The van der Waals surface area contributed by atoms with Gasteiger partial charge in [-0.25, -0.2) is 0 Å². The molecular formula is C13H12N2O2. The SMILES string of the molecule is O=C(Nc1cccnc1)C(O)c1ccccc1. The number of aliphatic hydroxyl groups excluding tert-OH is 1. The van der Waals surface area contributed by atoms with Gasteiger partial charge in [0.2, 0.25) is 0 Å². The van der Waals surface area contributed by atoms with Crippen LogP contribution in [0.25, 0.3) is 0 Å². The van der Waals surface area contributed by atoms with E-state index in [-0.39, 0.29) is 0 Å². The molecule has 0 radical (unpaired) electrons. The van der Waals surface area contributed by atoms with E-state index < -0.39 is 12.0 Å². The molecule has 0 aliphatic carbocycles. The standard InChI is InChI=1S/C13H12N2O2/c16-12(10-5-2-1-3-6-10)13(17)15-11-7-4-8-14-9-11/h1-9,12,16H,(H,15,17). The van der Waals surface area contributed by atoms with Crippen molar-refractivity contribution in [1.29, 1.82) is 0 Å². The summed E-state index contributed by atoms with van der Waals surface area (Å²) >= 11 is 0. The van der Waals surface area contributed by atoms with E-state index in [9.17, 15) is 9.90 Å². The van der Waals surface area contributed by atoms with E-state index in [4.69, 9.17) is 0 Å². The van der Waals surface area contributed by atoms with E-state index in [0.717, 1.165) is 0 Å². The van der Waals surface area contributed by atoms with Crippen molar-refractivity contribution in [2.75, 3.05) is 5.32 Å². The van der Waals surface area contributed by atoms with Crippen molar-refractivity contribution >= 4 is 11.6 Å². The smallest absolute Gasteiger partial charge is 0.257 e. The molecule has 1 atom stereocenters. The summed E-state index contributed by atoms with van der Waals surface area (Å²) in [4.78, 5) is 15.6. The van der Waals surface area contributed by atoms with Gasteiger partial charge in [-0.3, -0.25) is 9.78 Å². The number of amides is 1. The monoisotopic (exact) mass is 228 g/mol. The number of carbonyl (C=O) groups excluding carboxylic acids is 1. The van der Waals surface area contributed by atoms with Crippen LogP contribution >= 0.6 is 0 Å². The van der Waals surface area contributed by atoms with Gasteiger partial charge in [0.1, 0.15) is 0 Å². The zero-order valence-electron chi connectivity index (χ0n) is 9.08. The van der Waals surface area contributed by atoms with Crippen LogP contribution < -0.4 is 5.32 Å². The van der Waals surface area contributed by atoms with Gasteiger partial charge in [-0.1, -0.05) is 30.3 Å². The van der Waals surface area contributed by atoms with Gasteiger partial charge >= 0.3 is 0 Å². The lowest BCUT2D eigenvalue weighted by Crippen LogP contribution is -2.20. The van der Waals surface area contributed by atoms with Gasteiger partial charge in [0.25, 0.3) is 5.91 Å². The predicted octanol–water partition coefficient (Wildman–Crippen LogP) is 1.75. The number of anilines is 1. The van der Waals surface area contributed by atoms with Gasteiger partial charge in [-0.05, 0) is 17.7 Å². The van der Waals surface area contributed by atoms with Gasteiger partial charge in [0, 0.05) is 6.20 Å². The van der Waals surface area contributed by atoms with Crippen molar-refractivity contribution in [3.8, 4) is 0 Å². The Labute approximate surface area is 98.9 Å². The first kappa shape index (κ1) is 11.3. The molecule has 2 N–H and O–H groups in total. The number of rotatable bonds is 3. The van der Waals surface area contributed by atoms with Crippen molar-refractivity contribution in [2.45, 2.75) is 6.10 Å². The van der Waals surface area contributed by atoms with Crippen LogP contribution in [0.4, 0.5) is 5.69 Å². The molecule has 1 aromatic heterocycles. The summed E-state index contributed by atoms with van der Waals surface area (Å²) in [5.41, 5.74) is 1.13. The van der Waals surface area contributed by atoms with Crippen LogP contribution in [-0.4, -0.2) is 16.0 Å². The predicted molar refractivity (Wildman–Crippen MR) is 64.3 cm³/mol. The summed E-state index contributed by atoms with van der Waals surface area (Å²) in [6.45, 7) is 0. The van der Waals surface area contributed by atoms with Gasteiger partial charge in [-0.2, -0.15) is 0 Å². The summed E-state index contributed by atoms with van der Waals surface area (Å²) in [7, 11) is 0. The van der Waals surface area contributed by atoms with Crippen LogP contribution in [0.15, 0.2) is 54.9 Å². The molecule has 1 unspecified atom stereocenters. The maximum atomic E-state index is 11.7. The molecule has 1 amide bonds. The molecule has 4 nitrogen and oxygen atoms in total. The summed E-state index contributed by atoms with van der Waals surface area (Å²) < 4.78 is 0. The highest BCUT2D eigenvalue weighted by Crippen LogP contribution is 2.14. The van der Waals surface area contributed by atoms with Gasteiger partial charge in [-0.15, -0.1) is 0 Å². The molecule has 2 rings (SSSR count). The lowest BCUT2D eigenvalue weighted by molar-refractivity contribution is -0.124. The Hall–Kier alpha value is -2.20. The first-order valence-electron chi connectivity index (χ1n) is 5.21. The number of nitrogens with zero attached hydrogens (tertiary/aromatic N) is 1. The second kappa shape index (κ2) is 5.23. The van der Waals surface area contributed by atoms with E-state index in [1.807, 2.05) is 6.07 Å². The molecule has 0 spiro atoms. The maximum absolute atomic E-state index is 11.7. The minimum atomic E-state index is -1.17. The number of carbonyl (C=O) groups is 1. The number of hydrogen-bond donors (Lipinski definition) is 2. The summed E-state index contributed by atoms with van der Waals surface area (Å²) in [6, 6.07) is 12.2. The molecule has 0 aliphatic rings. The first-order valence-corrected chi connectivity index (χ1v) is 5.21.